The fourth-order valence-electron chi connectivity index (χ4n) is 6.73. The van der Waals surface area contributed by atoms with Crippen molar-refractivity contribution in [3.8, 4) is 22.3 Å². The second-order valence-corrected chi connectivity index (χ2v) is 13.4. The monoisotopic (exact) mass is 766 g/mol. The molecule has 4 aromatic carbocycles. The Morgan fingerprint density at radius 1 is 0.500 bits per heavy atom. The highest BCUT2D eigenvalue weighted by Crippen LogP contribution is 2.45. The van der Waals surface area contributed by atoms with Crippen LogP contribution in [-0.4, -0.2) is 85.5 Å². The zero-order valence-corrected chi connectivity index (χ0v) is 30.7. The molecule has 2 atom stereocenters. The van der Waals surface area contributed by atoms with Crippen molar-refractivity contribution in [3.05, 3.63) is 119 Å². The lowest BCUT2D eigenvalue weighted by Gasteiger charge is -2.19. The first-order chi connectivity index (χ1) is 26.2. The molecule has 0 aromatic heterocycles. The van der Waals surface area contributed by atoms with Crippen LogP contribution in [-0.2, 0) is 28.7 Å². The molecule has 6 rings (SSSR count). The van der Waals surface area contributed by atoms with Crippen molar-refractivity contribution in [1.82, 2.24) is 21.3 Å². The Morgan fingerprint density at radius 2 is 0.796 bits per heavy atom. The normalized spacial score (nSPS) is 13.6. The number of thiol groups is 2. The smallest absolute Gasteiger partial charge is 0.407 e. The van der Waals surface area contributed by atoms with Crippen LogP contribution in [0.3, 0.4) is 0 Å². The van der Waals surface area contributed by atoms with E-state index in [0.717, 1.165) is 44.5 Å². The molecule has 0 saturated carbocycles. The molecular formula is C40H38N4O8S2. The van der Waals surface area contributed by atoms with Gasteiger partial charge >= 0.3 is 12.2 Å². The summed E-state index contributed by atoms with van der Waals surface area (Å²) in [6.07, 6.45) is -1.69. The molecule has 278 valence electrons. The van der Waals surface area contributed by atoms with Gasteiger partial charge in [-0.15, -0.1) is 0 Å². The number of ether oxygens (including phenoxy) is 2. The second kappa shape index (κ2) is 17.5. The lowest BCUT2D eigenvalue weighted by atomic mass is 9.98. The van der Waals surface area contributed by atoms with Gasteiger partial charge in [-0.1, -0.05) is 97.1 Å². The van der Waals surface area contributed by atoms with Crippen LogP contribution in [0, 0.1) is 0 Å². The summed E-state index contributed by atoms with van der Waals surface area (Å²) in [4.78, 5) is 75.9. The molecule has 0 heterocycles. The Hall–Kier alpha value is -5.60. The summed E-state index contributed by atoms with van der Waals surface area (Å²) >= 11 is 8.27. The van der Waals surface area contributed by atoms with Gasteiger partial charge in [-0.3, -0.25) is 19.2 Å². The Balaban J connectivity index is 0.912. The van der Waals surface area contributed by atoms with Crippen LogP contribution >= 0.6 is 25.3 Å². The summed E-state index contributed by atoms with van der Waals surface area (Å²) in [7, 11) is 0. The molecular weight excluding hydrogens is 729 g/mol. The summed E-state index contributed by atoms with van der Waals surface area (Å²) in [5.74, 6) is -4.09. The second-order valence-electron chi connectivity index (χ2n) is 12.7. The molecule has 4 N–H and O–H groups in total. The van der Waals surface area contributed by atoms with E-state index in [0.29, 0.717) is 0 Å². The van der Waals surface area contributed by atoms with Crippen LogP contribution in [0.4, 0.5) is 9.59 Å². The molecule has 0 radical (unpaired) electrons. The fraction of sp³-hybridized carbons (Fsp3) is 0.250. The first-order valence-corrected chi connectivity index (χ1v) is 18.5. The van der Waals surface area contributed by atoms with Crippen molar-refractivity contribution in [3.63, 3.8) is 0 Å². The number of carbonyl (C=O) groups is 6. The molecule has 4 amide bonds. The lowest BCUT2D eigenvalue weighted by molar-refractivity contribution is -0.137. The van der Waals surface area contributed by atoms with Crippen LogP contribution in [0.1, 0.15) is 34.1 Å². The van der Waals surface area contributed by atoms with E-state index >= 15 is 0 Å². The highest BCUT2D eigenvalue weighted by molar-refractivity contribution is 7.80. The number of alkyl carbamates (subject to hydrolysis) is 2. The van der Waals surface area contributed by atoms with Gasteiger partial charge in [-0.2, -0.15) is 25.3 Å². The van der Waals surface area contributed by atoms with E-state index in [1.165, 1.54) is 0 Å². The molecule has 2 aliphatic carbocycles. The first-order valence-electron chi connectivity index (χ1n) is 17.3. The van der Waals surface area contributed by atoms with E-state index in [4.69, 9.17) is 9.47 Å². The van der Waals surface area contributed by atoms with E-state index in [-0.39, 0.29) is 36.6 Å². The number of rotatable bonds is 15. The van der Waals surface area contributed by atoms with Crippen LogP contribution in [0.25, 0.3) is 22.3 Å². The van der Waals surface area contributed by atoms with E-state index in [1.807, 2.05) is 97.1 Å². The Kier molecular flexibility index (Phi) is 12.3. The van der Waals surface area contributed by atoms with Crippen molar-refractivity contribution in [2.45, 2.75) is 23.9 Å². The zero-order chi connectivity index (χ0) is 38.2. The van der Waals surface area contributed by atoms with E-state index in [1.54, 1.807) is 0 Å². The van der Waals surface area contributed by atoms with Crippen LogP contribution in [0.5, 0.6) is 0 Å². The molecule has 0 spiro atoms. The standard InChI is InChI=1S/C40H38N4O8S2/c45-35(17-41-37(47)33(21-53)43-39(49)51-19-31-27-13-5-1-9-23(27)24-10-2-6-14-28(24)31)36(46)18-42-38(48)34(22-54)44-40(50)52-20-32-29-15-7-3-11-25(29)26-12-4-8-16-30(26)32/h1-16,31-34,53-54H,17-22H2,(H,41,47)(H,42,48)(H,43,49)(H,44,50)/t33-,34-/m0/s1. The number of nitrogens with one attached hydrogen (secondary N) is 4. The minimum Gasteiger partial charge on any atom is -0.449 e. The molecule has 0 aliphatic heterocycles. The molecule has 54 heavy (non-hydrogen) atoms. The highest BCUT2D eigenvalue weighted by atomic mass is 32.1. The van der Waals surface area contributed by atoms with E-state index in [9.17, 15) is 28.8 Å². The summed E-state index contributed by atoms with van der Waals surface area (Å²) in [6, 6.07) is 29.2. The van der Waals surface area contributed by atoms with Crippen LogP contribution in [0.15, 0.2) is 97.1 Å². The average Bonchev–Trinajstić information content (AvgIpc) is 3.70. The molecule has 0 saturated heterocycles. The number of hydrogen-bond donors (Lipinski definition) is 6. The number of ketones is 2. The van der Waals surface area contributed by atoms with Crippen molar-refractivity contribution in [1.29, 1.82) is 0 Å². The summed E-state index contributed by atoms with van der Waals surface area (Å²) in [5.41, 5.74) is 8.40. The molecule has 0 fully saturated rings. The summed E-state index contributed by atoms with van der Waals surface area (Å²) < 4.78 is 11.0. The largest absolute Gasteiger partial charge is 0.449 e. The Morgan fingerprint density at radius 3 is 1.09 bits per heavy atom. The van der Waals surface area contributed by atoms with Crippen molar-refractivity contribution in [2.24, 2.45) is 0 Å². The van der Waals surface area contributed by atoms with Crippen LogP contribution < -0.4 is 21.3 Å². The molecule has 0 bridgehead atoms. The van der Waals surface area contributed by atoms with Gasteiger partial charge < -0.3 is 30.7 Å². The lowest BCUT2D eigenvalue weighted by Crippen LogP contribution is -2.51. The van der Waals surface area contributed by atoms with E-state index in [2.05, 4.69) is 46.5 Å². The number of hydrogen-bond acceptors (Lipinski definition) is 10. The number of carbonyl (C=O) groups excluding carboxylic acids is 6. The number of Topliss-reactive ketones (excluding diaryl/α,β-unsaturated/α-hetero) is 2. The highest BCUT2D eigenvalue weighted by Gasteiger charge is 2.31. The first kappa shape index (κ1) is 38.1. The topological polar surface area (TPSA) is 169 Å². The maximum atomic E-state index is 12.8. The van der Waals surface area contributed by atoms with Gasteiger partial charge in [0, 0.05) is 23.3 Å². The minimum absolute atomic E-state index is 0.0365. The third kappa shape index (κ3) is 8.45. The predicted molar refractivity (Wildman–Crippen MR) is 208 cm³/mol. The van der Waals surface area contributed by atoms with Crippen molar-refractivity contribution < 1.29 is 38.2 Å². The summed E-state index contributed by atoms with van der Waals surface area (Å²) in [6.45, 7) is -1.29. The maximum Gasteiger partial charge on any atom is 0.407 e. The minimum atomic E-state index is -1.16. The Labute approximate surface area is 322 Å². The third-order valence-electron chi connectivity index (χ3n) is 9.43. The van der Waals surface area contributed by atoms with Gasteiger partial charge in [-0.05, 0) is 44.5 Å². The SMILES string of the molecule is O=C(N[C@@H](CS)C(=O)NCC(=O)C(=O)CNC(=O)[C@H](CS)NC(=O)OCC1c2ccccc2-c2ccccc21)OCC1c2ccccc2-c2ccccc21. The van der Waals surface area contributed by atoms with Gasteiger partial charge in [0.15, 0.2) is 0 Å². The van der Waals surface area contributed by atoms with Crippen LogP contribution in [0.2, 0.25) is 0 Å². The van der Waals surface area contributed by atoms with Gasteiger partial charge in [0.1, 0.15) is 25.3 Å². The summed E-state index contributed by atoms with van der Waals surface area (Å²) in [5, 5.41) is 9.52. The van der Waals surface area contributed by atoms with Gasteiger partial charge in [0.25, 0.3) is 0 Å². The number of amides is 4. The average molecular weight is 767 g/mol. The maximum absolute atomic E-state index is 12.8. The quantitative estimate of drug-likeness (QED) is 0.0779. The molecule has 12 nitrogen and oxygen atoms in total. The molecule has 0 unspecified atom stereocenters. The van der Waals surface area contributed by atoms with E-state index < -0.39 is 60.7 Å². The van der Waals surface area contributed by atoms with Gasteiger partial charge in [0.2, 0.25) is 23.4 Å². The molecule has 4 aromatic rings. The molecule has 2 aliphatic rings. The van der Waals surface area contributed by atoms with Gasteiger partial charge in [0.05, 0.1) is 13.1 Å². The predicted octanol–water partition coefficient (Wildman–Crippen LogP) is 4.03. The number of fused-ring (bicyclic) bond motifs is 6. The van der Waals surface area contributed by atoms with Crippen molar-refractivity contribution >= 4 is 60.8 Å². The fourth-order valence-corrected chi connectivity index (χ4v) is 7.25. The van der Waals surface area contributed by atoms with Gasteiger partial charge in [-0.25, -0.2) is 9.59 Å². The Bertz CT molecular complexity index is 1850. The third-order valence-corrected chi connectivity index (χ3v) is 10.2. The zero-order valence-electron chi connectivity index (χ0n) is 29.0. The van der Waals surface area contributed by atoms with Crippen molar-refractivity contribution in [2.75, 3.05) is 37.8 Å². The molecule has 14 heteroatoms. The number of benzene rings is 4.